The van der Waals surface area contributed by atoms with Crippen LogP contribution >= 0.6 is 0 Å². The third-order valence-electron chi connectivity index (χ3n) is 3.85. The number of hydrogen-bond acceptors (Lipinski definition) is 7. The van der Waals surface area contributed by atoms with E-state index in [2.05, 4.69) is 32.1 Å². The van der Waals surface area contributed by atoms with Crippen molar-refractivity contribution >= 4 is 17.8 Å². The van der Waals surface area contributed by atoms with Crippen molar-refractivity contribution in [2.75, 3.05) is 35.6 Å². The molecule has 0 spiro atoms. The molecule has 3 rings (SSSR count). The van der Waals surface area contributed by atoms with Crippen LogP contribution in [0, 0.1) is 0 Å². The fourth-order valence-corrected chi connectivity index (χ4v) is 2.82. The van der Waals surface area contributed by atoms with Crippen molar-refractivity contribution in [3.05, 3.63) is 0 Å². The Morgan fingerprint density at radius 2 is 2.05 bits per heavy atom. The zero-order chi connectivity index (χ0) is 13.9. The van der Waals surface area contributed by atoms with Gasteiger partial charge in [0.1, 0.15) is 0 Å². The van der Waals surface area contributed by atoms with Crippen LogP contribution in [-0.2, 0) is 4.74 Å². The number of nitrogens with zero attached hydrogens (tertiary/aromatic N) is 4. The molecule has 0 radical (unpaired) electrons. The Kier molecular flexibility index (Phi) is 3.86. The molecule has 0 amide bonds. The average Bonchev–Trinajstić information content (AvgIpc) is 2.91. The number of nitrogens with one attached hydrogen (secondary N) is 1. The molecule has 2 atom stereocenters. The Hall–Kier alpha value is -1.63. The summed E-state index contributed by atoms with van der Waals surface area (Å²) in [7, 11) is 0. The van der Waals surface area contributed by atoms with E-state index in [4.69, 9.17) is 10.5 Å². The van der Waals surface area contributed by atoms with Crippen LogP contribution in [0.25, 0.3) is 0 Å². The first kappa shape index (κ1) is 13.4. The first-order chi connectivity index (χ1) is 9.70. The molecule has 2 aliphatic rings. The largest absolute Gasteiger partial charge is 0.378 e. The van der Waals surface area contributed by atoms with Gasteiger partial charge in [0.2, 0.25) is 17.8 Å². The number of ether oxygens (including phenoxy) is 1. The third kappa shape index (κ3) is 3.09. The van der Waals surface area contributed by atoms with E-state index >= 15 is 0 Å². The van der Waals surface area contributed by atoms with Gasteiger partial charge in [-0.25, -0.2) is 0 Å². The van der Waals surface area contributed by atoms with Gasteiger partial charge in [0, 0.05) is 25.7 Å². The van der Waals surface area contributed by atoms with Crippen molar-refractivity contribution in [2.24, 2.45) is 0 Å². The Labute approximate surface area is 118 Å². The lowest BCUT2D eigenvalue weighted by Crippen LogP contribution is -2.33. The molecular formula is C13H22N6O. The van der Waals surface area contributed by atoms with Crippen molar-refractivity contribution in [3.8, 4) is 0 Å². The lowest BCUT2D eigenvalue weighted by Gasteiger charge is -2.28. The van der Waals surface area contributed by atoms with Crippen molar-refractivity contribution in [1.29, 1.82) is 0 Å². The minimum atomic E-state index is 0.276. The summed E-state index contributed by atoms with van der Waals surface area (Å²) in [5.41, 5.74) is 5.81. The summed E-state index contributed by atoms with van der Waals surface area (Å²) in [5, 5.41) is 3.37. The molecule has 2 unspecified atom stereocenters. The van der Waals surface area contributed by atoms with Crippen LogP contribution in [-0.4, -0.2) is 46.8 Å². The van der Waals surface area contributed by atoms with Crippen LogP contribution in [0.15, 0.2) is 0 Å². The molecule has 2 saturated heterocycles. The van der Waals surface area contributed by atoms with Gasteiger partial charge >= 0.3 is 0 Å². The standard InChI is InChI=1S/C13H22N6O/c1-9-8-10(4-7-20-9)15-12-16-11(14)17-13(18-12)19-5-2-3-6-19/h9-10H,2-8H2,1H3,(H3,14,15,16,17,18). The first-order valence-corrected chi connectivity index (χ1v) is 7.35. The number of nitrogens with two attached hydrogens (primary N) is 1. The van der Waals surface area contributed by atoms with E-state index in [9.17, 15) is 0 Å². The van der Waals surface area contributed by atoms with Crippen molar-refractivity contribution in [1.82, 2.24) is 15.0 Å². The molecule has 2 fully saturated rings. The summed E-state index contributed by atoms with van der Waals surface area (Å²) in [5.74, 6) is 1.56. The molecule has 0 aromatic carbocycles. The van der Waals surface area contributed by atoms with Gasteiger partial charge < -0.3 is 20.7 Å². The van der Waals surface area contributed by atoms with Gasteiger partial charge in [-0.05, 0) is 32.6 Å². The van der Waals surface area contributed by atoms with Gasteiger partial charge in [-0.1, -0.05) is 0 Å². The van der Waals surface area contributed by atoms with Gasteiger partial charge in [0.25, 0.3) is 0 Å². The summed E-state index contributed by atoms with van der Waals surface area (Å²) >= 11 is 0. The topological polar surface area (TPSA) is 89.2 Å². The normalized spacial score (nSPS) is 26.8. The van der Waals surface area contributed by atoms with Gasteiger partial charge in [0.05, 0.1) is 6.10 Å². The summed E-state index contributed by atoms with van der Waals surface area (Å²) in [6.07, 6.45) is 4.58. The van der Waals surface area contributed by atoms with E-state index < -0.39 is 0 Å². The second-order valence-electron chi connectivity index (χ2n) is 5.56. The van der Waals surface area contributed by atoms with Gasteiger partial charge in [0.15, 0.2) is 0 Å². The maximum atomic E-state index is 5.81. The highest BCUT2D eigenvalue weighted by atomic mass is 16.5. The predicted molar refractivity (Wildman–Crippen MR) is 77.7 cm³/mol. The van der Waals surface area contributed by atoms with Gasteiger partial charge in [-0.3, -0.25) is 0 Å². The lowest BCUT2D eigenvalue weighted by atomic mass is 10.0. The van der Waals surface area contributed by atoms with E-state index in [1.807, 2.05) is 0 Å². The third-order valence-corrected chi connectivity index (χ3v) is 3.85. The molecule has 110 valence electrons. The van der Waals surface area contributed by atoms with Crippen molar-refractivity contribution in [3.63, 3.8) is 0 Å². The number of hydrogen-bond donors (Lipinski definition) is 2. The number of nitrogen functional groups attached to an aromatic ring is 1. The number of rotatable bonds is 3. The molecule has 0 aliphatic carbocycles. The Morgan fingerprint density at radius 3 is 2.80 bits per heavy atom. The minimum Gasteiger partial charge on any atom is -0.378 e. The molecule has 3 N–H and O–H groups in total. The molecule has 1 aromatic rings. The van der Waals surface area contributed by atoms with Crippen LogP contribution in [0.2, 0.25) is 0 Å². The molecular weight excluding hydrogens is 256 g/mol. The highest BCUT2D eigenvalue weighted by Crippen LogP contribution is 2.20. The van der Waals surface area contributed by atoms with E-state index in [0.717, 1.165) is 32.5 Å². The molecule has 2 aliphatic heterocycles. The Bertz CT molecular complexity index is 462. The van der Waals surface area contributed by atoms with Crippen molar-refractivity contribution in [2.45, 2.75) is 44.8 Å². The fourth-order valence-electron chi connectivity index (χ4n) is 2.82. The first-order valence-electron chi connectivity index (χ1n) is 7.35. The molecule has 1 aromatic heterocycles. The maximum absolute atomic E-state index is 5.81. The summed E-state index contributed by atoms with van der Waals surface area (Å²) in [6.45, 7) is 4.86. The second kappa shape index (κ2) is 5.78. The van der Waals surface area contributed by atoms with Gasteiger partial charge in [-0.2, -0.15) is 15.0 Å². The molecule has 7 heteroatoms. The zero-order valence-corrected chi connectivity index (χ0v) is 11.9. The smallest absolute Gasteiger partial charge is 0.231 e. The van der Waals surface area contributed by atoms with Crippen LogP contribution in [0.5, 0.6) is 0 Å². The van der Waals surface area contributed by atoms with Crippen LogP contribution in [0.3, 0.4) is 0 Å². The Balaban J connectivity index is 1.72. The van der Waals surface area contributed by atoms with Crippen LogP contribution in [0.4, 0.5) is 17.8 Å². The Morgan fingerprint density at radius 1 is 1.25 bits per heavy atom. The highest BCUT2D eigenvalue weighted by molar-refractivity contribution is 5.42. The SMILES string of the molecule is CC1CC(Nc2nc(N)nc(N3CCCC3)n2)CCO1. The fraction of sp³-hybridized carbons (Fsp3) is 0.769. The maximum Gasteiger partial charge on any atom is 0.231 e. The van der Waals surface area contributed by atoms with E-state index in [1.165, 1.54) is 12.8 Å². The zero-order valence-electron chi connectivity index (χ0n) is 11.9. The summed E-state index contributed by atoms with van der Waals surface area (Å²) < 4.78 is 5.55. The average molecular weight is 278 g/mol. The molecule has 7 nitrogen and oxygen atoms in total. The van der Waals surface area contributed by atoms with Crippen molar-refractivity contribution < 1.29 is 4.74 Å². The van der Waals surface area contributed by atoms with Crippen LogP contribution < -0.4 is 16.0 Å². The quantitative estimate of drug-likeness (QED) is 0.853. The number of anilines is 3. The monoisotopic (exact) mass is 278 g/mol. The summed E-state index contributed by atoms with van der Waals surface area (Å²) in [4.78, 5) is 15.1. The lowest BCUT2D eigenvalue weighted by molar-refractivity contribution is 0.0231. The van der Waals surface area contributed by atoms with E-state index in [0.29, 0.717) is 17.9 Å². The second-order valence-corrected chi connectivity index (χ2v) is 5.56. The predicted octanol–water partition coefficient (Wildman–Crippen LogP) is 1.03. The van der Waals surface area contributed by atoms with E-state index in [-0.39, 0.29) is 12.1 Å². The molecule has 0 saturated carbocycles. The minimum absolute atomic E-state index is 0.276. The van der Waals surface area contributed by atoms with E-state index in [1.54, 1.807) is 0 Å². The molecule has 0 bridgehead atoms. The molecule has 3 heterocycles. The van der Waals surface area contributed by atoms with Crippen LogP contribution in [0.1, 0.15) is 32.6 Å². The summed E-state index contributed by atoms with van der Waals surface area (Å²) in [6, 6.07) is 0.340. The van der Waals surface area contributed by atoms with Gasteiger partial charge in [-0.15, -0.1) is 0 Å². The number of aromatic nitrogens is 3. The molecule has 20 heavy (non-hydrogen) atoms. The highest BCUT2D eigenvalue weighted by Gasteiger charge is 2.21.